The zero-order valence-electron chi connectivity index (χ0n) is 17.9. The van der Waals surface area contributed by atoms with E-state index in [-0.39, 0.29) is 23.0 Å². The van der Waals surface area contributed by atoms with E-state index in [0.29, 0.717) is 28.7 Å². The van der Waals surface area contributed by atoms with Gasteiger partial charge in [-0.3, -0.25) is 24.3 Å². The van der Waals surface area contributed by atoms with Crippen LogP contribution in [-0.2, 0) is 4.79 Å². The SMILES string of the molecule is CCN1C(=O)/C(=C\c2nc3ccc(I)cc3c(=O)n2-c2ccc([N+](=O)[O-])cc2)c2ccccc21. The summed E-state index contributed by atoms with van der Waals surface area (Å²) in [5.74, 6) is 0.0968. The third kappa shape index (κ3) is 3.58. The Labute approximate surface area is 207 Å². The molecule has 0 fully saturated rings. The van der Waals surface area contributed by atoms with Crippen LogP contribution in [0.25, 0.3) is 28.2 Å². The van der Waals surface area contributed by atoms with Gasteiger partial charge in [0.2, 0.25) is 0 Å². The molecule has 3 aromatic carbocycles. The molecular formula is C25H17IN4O4. The summed E-state index contributed by atoms with van der Waals surface area (Å²) in [7, 11) is 0. The Morgan fingerprint density at radius 3 is 2.50 bits per heavy atom. The molecule has 4 aromatic rings. The number of rotatable bonds is 4. The van der Waals surface area contributed by atoms with Gasteiger partial charge in [0.15, 0.2) is 0 Å². The fourth-order valence-corrected chi connectivity index (χ4v) is 4.63. The van der Waals surface area contributed by atoms with E-state index in [2.05, 4.69) is 22.6 Å². The number of hydrogen-bond donors (Lipinski definition) is 0. The number of carbonyl (C=O) groups excluding carboxylic acids is 1. The standard InChI is InChI=1S/C25H17IN4O4/c1-2-28-22-6-4-3-5-18(22)19(24(28)31)14-23-27-21-12-7-15(26)13-20(21)25(32)29(23)16-8-10-17(11-9-16)30(33)34/h3-14H,2H2,1H3/b19-14-. The van der Waals surface area contributed by atoms with Gasteiger partial charge in [-0.1, -0.05) is 18.2 Å². The smallest absolute Gasteiger partial charge is 0.269 e. The largest absolute Gasteiger partial charge is 0.308 e. The maximum absolute atomic E-state index is 13.6. The third-order valence-corrected chi connectivity index (χ3v) is 6.40. The monoisotopic (exact) mass is 564 g/mol. The molecule has 0 N–H and O–H groups in total. The lowest BCUT2D eigenvalue weighted by molar-refractivity contribution is -0.384. The molecule has 0 bridgehead atoms. The molecule has 2 heterocycles. The molecule has 0 unspecified atom stereocenters. The third-order valence-electron chi connectivity index (χ3n) is 5.73. The van der Waals surface area contributed by atoms with Crippen molar-refractivity contribution in [1.82, 2.24) is 9.55 Å². The number of benzene rings is 3. The van der Waals surface area contributed by atoms with Crippen LogP contribution in [0.4, 0.5) is 11.4 Å². The van der Waals surface area contributed by atoms with Crippen LogP contribution < -0.4 is 10.5 Å². The highest BCUT2D eigenvalue weighted by molar-refractivity contribution is 14.1. The van der Waals surface area contributed by atoms with Gasteiger partial charge in [-0.15, -0.1) is 0 Å². The molecule has 0 atom stereocenters. The number of non-ortho nitro benzene ring substituents is 1. The Balaban J connectivity index is 1.80. The summed E-state index contributed by atoms with van der Waals surface area (Å²) in [5, 5.41) is 11.5. The molecule has 0 spiro atoms. The first-order chi connectivity index (χ1) is 16.4. The Morgan fingerprint density at radius 1 is 1.06 bits per heavy atom. The average Bonchev–Trinajstić information content (AvgIpc) is 3.10. The highest BCUT2D eigenvalue weighted by atomic mass is 127. The van der Waals surface area contributed by atoms with Crippen LogP contribution in [-0.4, -0.2) is 26.9 Å². The molecular weight excluding hydrogens is 547 g/mol. The lowest BCUT2D eigenvalue weighted by Crippen LogP contribution is -2.26. The van der Waals surface area contributed by atoms with Gasteiger partial charge >= 0.3 is 0 Å². The van der Waals surface area contributed by atoms with Crippen molar-refractivity contribution in [2.24, 2.45) is 0 Å². The summed E-state index contributed by atoms with van der Waals surface area (Å²) in [6.45, 7) is 2.41. The van der Waals surface area contributed by atoms with E-state index in [1.807, 2.05) is 37.3 Å². The summed E-state index contributed by atoms with van der Waals surface area (Å²) < 4.78 is 2.27. The number of nitrogens with zero attached hydrogens (tertiary/aromatic N) is 4. The van der Waals surface area contributed by atoms with Crippen LogP contribution in [0.1, 0.15) is 18.3 Å². The summed E-state index contributed by atoms with van der Waals surface area (Å²) in [6, 6.07) is 18.6. The fourth-order valence-electron chi connectivity index (χ4n) is 4.13. The van der Waals surface area contributed by atoms with Gasteiger partial charge in [-0.2, -0.15) is 0 Å². The number of likely N-dealkylation sites (N-methyl/N-ethyl adjacent to an activating group) is 1. The van der Waals surface area contributed by atoms with E-state index in [4.69, 9.17) is 4.98 Å². The zero-order valence-corrected chi connectivity index (χ0v) is 20.1. The second-order valence-corrected chi connectivity index (χ2v) is 8.92. The Bertz CT molecular complexity index is 1570. The topological polar surface area (TPSA) is 98.3 Å². The van der Waals surface area contributed by atoms with Gasteiger partial charge in [-0.25, -0.2) is 4.98 Å². The first-order valence-electron chi connectivity index (χ1n) is 10.5. The van der Waals surface area contributed by atoms with E-state index in [1.165, 1.54) is 28.8 Å². The number of fused-ring (bicyclic) bond motifs is 2. The number of nitro groups is 1. The highest BCUT2D eigenvalue weighted by Gasteiger charge is 2.31. The number of anilines is 1. The number of halogens is 1. The second kappa shape index (κ2) is 8.49. The second-order valence-electron chi connectivity index (χ2n) is 7.67. The van der Waals surface area contributed by atoms with Crippen molar-refractivity contribution in [3.05, 3.63) is 102 Å². The molecule has 1 aromatic heterocycles. The first kappa shape index (κ1) is 22.0. The predicted molar refractivity (Wildman–Crippen MR) is 139 cm³/mol. The van der Waals surface area contributed by atoms with E-state index >= 15 is 0 Å². The van der Waals surface area contributed by atoms with Gasteiger partial charge in [0.25, 0.3) is 17.2 Å². The van der Waals surface area contributed by atoms with Crippen LogP contribution in [0.15, 0.2) is 71.5 Å². The van der Waals surface area contributed by atoms with Crippen LogP contribution in [0.3, 0.4) is 0 Å². The number of aromatic nitrogens is 2. The molecule has 8 nitrogen and oxygen atoms in total. The van der Waals surface area contributed by atoms with Gasteiger partial charge in [0.05, 0.1) is 32.8 Å². The highest BCUT2D eigenvalue weighted by Crippen LogP contribution is 2.37. The minimum atomic E-state index is -0.496. The van der Waals surface area contributed by atoms with E-state index in [0.717, 1.165) is 14.8 Å². The fraction of sp³-hybridized carbons (Fsp3) is 0.0800. The van der Waals surface area contributed by atoms with Crippen LogP contribution in [0.2, 0.25) is 0 Å². The van der Waals surface area contributed by atoms with Crippen LogP contribution >= 0.6 is 22.6 Å². The summed E-state index contributed by atoms with van der Waals surface area (Å²) in [6.07, 6.45) is 1.62. The Morgan fingerprint density at radius 2 is 1.79 bits per heavy atom. The molecule has 1 aliphatic heterocycles. The summed E-state index contributed by atoms with van der Waals surface area (Å²) in [5.41, 5.74) is 2.52. The molecule has 0 saturated heterocycles. The van der Waals surface area contributed by atoms with Crippen molar-refractivity contribution in [2.45, 2.75) is 6.92 Å². The van der Waals surface area contributed by atoms with Crippen molar-refractivity contribution < 1.29 is 9.72 Å². The lowest BCUT2D eigenvalue weighted by atomic mass is 10.1. The van der Waals surface area contributed by atoms with Crippen molar-refractivity contribution in [3.63, 3.8) is 0 Å². The van der Waals surface area contributed by atoms with Gasteiger partial charge in [0.1, 0.15) is 5.82 Å². The quantitative estimate of drug-likeness (QED) is 0.154. The normalized spacial score (nSPS) is 14.1. The van der Waals surface area contributed by atoms with Crippen molar-refractivity contribution in [3.8, 4) is 5.69 Å². The number of hydrogen-bond acceptors (Lipinski definition) is 5. The van der Waals surface area contributed by atoms with Crippen LogP contribution in [0, 0.1) is 13.7 Å². The molecule has 1 aliphatic rings. The number of para-hydroxylation sites is 1. The molecule has 5 rings (SSSR count). The zero-order chi connectivity index (χ0) is 24.0. The van der Waals surface area contributed by atoms with Gasteiger partial charge in [0, 0.05) is 27.8 Å². The van der Waals surface area contributed by atoms with Crippen molar-refractivity contribution in [1.29, 1.82) is 0 Å². The minimum absolute atomic E-state index is 0.0847. The Kier molecular flexibility index (Phi) is 5.48. The average molecular weight is 564 g/mol. The molecule has 0 aliphatic carbocycles. The molecule has 9 heteroatoms. The van der Waals surface area contributed by atoms with E-state index in [9.17, 15) is 19.7 Å². The number of amides is 1. The Hall–Kier alpha value is -3.86. The van der Waals surface area contributed by atoms with Gasteiger partial charge < -0.3 is 4.90 Å². The first-order valence-corrected chi connectivity index (χ1v) is 11.6. The molecule has 0 radical (unpaired) electrons. The summed E-state index contributed by atoms with van der Waals surface area (Å²) in [4.78, 5) is 43.8. The predicted octanol–water partition coefficient (Wildman–Crippen LogP) is 4.81. The van der Waals surface area contributed by atoms with Crippen molar-refractivity contribution >= 4 is 62.4 Å². The number of nitro benzene ring substituents is 1. The molecule has 0 saturated carbocycles. The molecule has 34 heavy (non-hydrogen) atoms. The minimum Gasteiger partial charge on any atom is -0.308 e. The number of carbonyl (C=O) groups is 1. The van der Waals surface area contributed by atoms with E-state index < -0.39 is 4.92 Å². The summed E-state index contributed by atoms with van der Waals surface area (Å²) >= 11 is 2.13. The molecule has 168 valence electrons. The lowest BCUT2D eigenvalue weighted by Gasteiger charge is -2.14. The maximum Gasteiger partial charge on any atom is 0.269 e. The van der Waals surface area contributed by atoms with Crippen LogP contribution in [0.5, 0.6) is 0 Å². The maximum atomic E-state index is 13.6. The van der Waals surface area contributed by atoms with Gasteiger partial charge in [-0.05, 0) is 72.0 Å². The van der Waals surface area contributed by atoms with Crippen molar-refractivity contribution in [2.75, 3.05) is 11.4 Å². The van der Waals surface area contributed by atoms with E-state index in [1.54, 1.807) is 23.1 Å². The molecule has 1 amide bonds.